The third-order valence-corrected chi connectivity index (χ3v) is 3.13. The molecule has 0 aliphatic heterocycles. The Kier molecular flexibility index (Phi) is 4.75. The highest BCUT2D eigenvalue weighted by atomic mass is 32.1. The fraction of sp³-hybridized carbons (Fsp3) is 0.556. The van der Waals surface area contributed by atoms with E-state index in [9.17, 15) is 4.79 Å². The SMILES string of the molecule is CCC(CC(N)=S)NC(=O)c1snnc1C. The first-order chi connectivity index (χ1) is 7.54. The first-order valence-electron chi connectivity index (χ1n) is 4.92. The minimum atomic E-state index is -0.157. The predicted octanol–water partition coefficient (Wildman–Crippen LogP) is 1.03. The maximum atomic E-state index is 11.8. The van der Waals surface area contributed by atoms with Crippen molar-refractivity contribution in [3.05, 3.63) is 10.6 Å². The molecule has 0 radical (unpaired) electrons. The summed E-state index contributed by atoms with van der Waals surface area (Å²) in [4.78, 5) is 12.8. The highest BCUT2D eigenvalue weighted by molar-refractivity contribution is 7.80. The topological polar surface area (TPSA) is 80.9 Å². The molecule has 1 unspecified atom stereocenters. The summed E-state index contributed by atoms with van der Waals surface area (Å²) in [5.41, 5.74) is 6.10. The summed E-state index contributed by atoms with van der Waals surface area (Å²) in [6.45, 7) is 3.73. The van der Waals surface area contributed by atoms with Crippen molar-refractivity contribution in [3.63, 3.8) is 0 Å². The number of nitrogens with one attached hydrogen (secondary N) is 1. The molecule has 1 atom stereocenters. The molecule has 1 aromatic heterocycles. The van der Waals surface area contributed by atoms with Gasteiger partial charge in [0, 0.05) is 12.5 Å². The number of rotatable bonds is 5. The molecule has 1 aromatic rings. The van der Waals surface area contributed by atoms with Crippen LogP contribution in [0, 0.1) is 6.92 Å². The van der Waals surface area contributed by atoms with E-state index in [-0.39, 0.29) is 11.9 Å². The zero-order chi connectivity index (χ0) is 12.1. The number of thiocarbonyl (C=S) groups is 1. The molecule has 0 spiro atoms. The molecule has 3 N–H and O–H groups in total. The number of hydrogen-bond acceptors (Lipinski definition) is 5. The van der Waals surface area contributed by atoms with Crippen LogP contribution in [0.15, 0.2) is 0 Å². The molecule has 1 amide bonds. The number of aryl methyl sites for hydroxylation is 1. The van der Waals surface area contributed by atoms with Crippen molar-refractivity contribution >= 4 is 34.6 Å². The molecule has 7 heteroatoms. The zero-order valence-electron chi connectivity index (χ0n) is 9.19. The van der Waals surface area contributed by atoms with Crippen LogP contribution >= 0.6 is 23.8 Å². The number of amides is 1. The molecule has 0 bridgehead atoms. The second-order valence-corrected chi connectivity index (χ2v) is 4.72. The van der Waals surface area contributed by atoms with Gasteiger partial charge < -0.3 is 11.1 Å². The summed E-state index contributed by atoms with van der Waals surface area (Å²) in [5.74, 6) is -0.157. The third kappa shape index (κ3) is 3.49. The van der Waals surface area contributed by atoms with Gasteiger partial charge in [0.2, 0.25) is 0 Å². The Morgan fingerprint density at radius 2 is 2.38 bits per heavy atom. The molecular weight excluding hydrogens is 244 g/mol. The van der Waals surface area contributed by atoms with E-state index in [0.29, 0.717) is 22.0 Å². The van der Waals surface area contributed by atoms with E-state index in [1.807, 2.05) is 6.92 Å². The van der Waals surface area contributed by atoms with E-state index in [1.54, 1.807) is 6.92 Å². The molecule has 5 nitrogen and oxygen atoms in total. The molecule has 16 heavy (non-hydrogen) atoms. The van der Waals surface area contributed by atoms with Crippen LogP contribution in [0.3, 0.4) is 0 Å². The first kappa shape index (κ1) is 13.0. The van der Waals surface area contributed by atoms with Gasteiger partial charge >= 0.3 is 0 Å². The van der Waals surface area contributed by atoms with Crippen molar-refractivity contribution in [1.82, 2.24) is 14.9 Å². The molecule has 0 saturated carbocycles. The van der Waals surface area contributed by atoms with Crippen molar-refractivity contribution in [3.8, 4) is 0 Å². The Labute approximate surface area is 104 Å². The number of aromatic nitrogens is 2. The van der Waals surface area contributed by atoms with Crippen molar-refractivity contribution in [2.24, 2.45) is 5.73 Å². The molecule has 0 aromatic carbocycles. The largest absolute Gasteiger partial charge is 0.393 e. The molecule has 0 fully saturated rings. The zero-order valence-corrected chi connectivity index (χ0v) is 10.8. The number of carbonyl (C=O) groups is 1. The van der Waals surface area contributed by atoms with Gasteiger partial charge in [0.15, 0.2) is 0 Å². The van der Waals surface area contributed by atoms with Gasteiger partial charge in [-0.3, -0.25) is 4.79 Å². The summed E-state index contributed by atoms with van der Waals surface area (Å²) >= 11 is 5.91. The lowest BCUT2D eigenvalue weighted by atomic mass is 10.1. The van der Waals surface area contributed by atoms with E-state index in [4.69, 9.17) is 18.0 Å². The Morgan fingerprint density at radius 3 is 2.81 bits per heavy atom. The van der Waals surface area contributed by atoms with Crippen LogP contribution in [0.2, 0.25) is 0 Å². The average Bonchev–Trinajstić information content (AvgIpc) is 2.62. The molecule has 1 heterocycles. The second kappa shape index (κ2) is 5.86. The van der Waals surface area contributed by atoms with Gasteiger partial charge in [-0.15, -0.1) is 5.10 Å². The quantitative estimate of drug-likeness (QED) is 0.771. The van der Waals surface area contributed by atoms with Crippen molar-refractivity contribution in [2.75, 3.05) is 0 Å². The Balaban J connectivity index is 2.62. The van der Waals surface area contributed by atoms with E-state index in [2.05, 4.69) is 14.9 Å². The Bertz CT molecular complexity index is 391. The van der Waals surface area contributed by atoms with Gasteiger partial charge in [-0.1, -0.05) is 23.6 Å². The van der Waals surface area contributed by atoms with E-state index >= 15 is 0 Å². The third-order valence-electron chi connectivity index (χ3n) is 2.13. The van der Waals surface area contributed by atoms with E-state index in [1.165, 1.54) is 0 Å². The fourth-order valence-electron chi connectivity index (χ4n) is 1.23. The minimum Gasteiger partial charge on any atom is -0.393 e. The van der Waals surface area contributed by atoms with Crippen LogP contribution in [0.4, 0.5) is 0 Å². The van der Waals surface area contributed by atoms with Crippen LogP contribution in [0.25, 0.3) is 0 Å². The van der Waals surface area contributed by atoms with Gasteiger partial charge in [0.05, 0.1) is 10.7 Å². The lowest BCUT2D eigenvalue weighted by Crippen LogP contribution is -2.36. The van der Waals surface area contributed by atoms with Crippen molar-refractivity contribution < 1.29 is 4.79 Å². The average molecular weight is 258 g/mol. The summed E-state index contributed by atoms with van der Waals surface area (Å²) in [6.07, 6.45) is 1.30. The Hall–Kier alpha value is -1.08. The summed E-state index contributed by atoms with van der Waals surface area (Å²) < 4.78 is 3.72. The number of hydrogen-bond donors (Lipinski definition) is 2. The monoisotopic (exact) mass is 258 g/mol. The van der Waals surface area contributed by atoms with Gasteiger partial charge in [-0.25, -0.2) is 0 Å². The lowest BCUT2D eigenvalue weighted by molar-refractivity contribution is 0.0940. The normalized spacial score (nSPS) is 12.1. The molecular formula is C9H14N4OS2. The smallest absolute Gasteiger partial charge is 0.265 e. The molecule has 0 saturated heterocycles. The Morgan fingerprint density at radius 1 is 1.69 bits per heavy atom. The summed E-state index contributed by atoms with van der Waals surface area (Å²) in [7, 11) is 0. The molecule has 0 aliphatic rings. The van der Waals surface area contributed by atoms with Crippen molar-refractivity contribution in [1.29, 1.82) is 0 Å². The van der Waals surface area contributed by atoms with Crippen LogP contribution in [-0.2, 0) is 0 Å². The van der Waals surface area contributed by atoms with E-state index in [0.717, 1.165) is 18.0 Å². The second-order valence-electron chi connectivity index (χ2n) is 3.44. The van der Waals surface area contributed by atoms with Gasteiger partial charge in [-0.05, 0) is 24.9 Å². The summed E-state index contributed by atoms with van der Waals surface area (Å²) in [5, 5.41) is 6.65. The van der Waals surface area contributed by atoms with Gasteiger partial charge in [0.25, 0.3) is 5.91 Å². The van der Waals surface area contributed by atoms with Crippen molar-refractivity contribution in [2.45, 2.75) is 32.7 Å². The van der Waals surface area contributed by atoms with Gasteiger partial charge in [0.1, 0.15) is 4.88 Å². The van der Waals surface area contributed by atoms with Gasteiger partial charge in [-0.2, -0.15) is 0 Å². The highest BCUT2D eigenvalue weighted by Gasteiger charge is 2.17. The van der Waals surface area contributed by atoms with Crippen LogP contribution in [0.5, 0.6) is 0 Å². The van der Waals surface area contributed by atoms with Crippen LogP contribution in [0.1, 0.15) is 35.1 Å². The molecule has 88 valence electrons. The maximum Gasteiger partial charge on any atom is 0.265 e. The molecule has 1 rings (SSSR count). The first-order valence-corrected chi connectivity index (χ1v) is 6.10. The minimum absolute atomic E-state index is 0.0218. The number of nitrogens with zero attached hydrogens (tertiary/aromatic N) is 2. The van der Waals surface area contributed by atoms with Crippen LogP contribution < -0.4 is 11.1 Å². The maximum absolute atomic E-state index is 11.8. The molecule has 0 aliphatic carbocycles. The highest BCUT2D eigenvalue weighted by Crippen LogP contribution is 2.10. The lowest BCUT2D eigenvalue weighted by Gasteiger charge is -2.15. The van der Waals surface area contributed by atoms with Crippen LogP contribution in [-0.4, -0.2) is 26.5 Å². The van der Waals surface area contributed by atoms with E-state index < -0.39 is 0 Å². The standard InChI is InChI=1S/C9H14N4OS2/c1-3-6(4-7(10)15)11-9(14)8-5(2)12-13-16-8/h6H,3-4H2,1-2H3,(H2,10,15)(H,11,14). The number of nitrogens with two attached hydrogens (primary N) is 1. The number of carbonyl (C=O) groups excluding carboxylic acids is 1. The summed E-state index contributed by atoms with van der Waals surface area (Å²) in [6, 6.07) is -0.0218. The fourth-order valence-corrected chi connectivity index (χ4v) is 1.99. The predicted molar refractivity (Wildman–Crippen MR) is 67.6 cm³/mol.